The molecule has 0 saturated heterocycles. The van der Waals surface area contributed by atoms with Crippen LogP contribution in [-0.4, -0.2) is 50.9 Å². The third-order valence-electron chi connectivity index (χ3n) is 2.76. The van der Waals surface area contributed by atoms with Gasteiger partial charge in [-0.25, -0.2) is 16.8 Å². The minimum absolute atomic E-state index is 0.0829. The summed E-state index contributed by atoms with van der Waals surface area (Å²) in [6.07, 6.45) is 4.48. The van der Waals surface area contributed by atoms with Gasteiger partial charge < -0.3 is 0 Å². The van der Waals surface area contributed by atoms with Crippen molar-refractivity contribution in [1.82, 2.24) is 4.31 Å². The summed E-state index contributed by atoms with van der Waals surface area (Å²) in [7, 11) is -7.31. The minimum atomic E-state index is -3.76. The van der Waals surface area contributed by atoms with Gasteiger partial charge in [0.2, 0.25) is 10.0 Å². The molecule has 1 aliphatic rings. The van der Waals surface area contributed by atoms with Crippen molar-refractivity contribution in [3.05, 3.63) is 0 Å². The Balaban J connectivity index is 2.88. The predicted molar refractivity (Wildman–Crippen MR) is 68.3 cm³/mol. The average Bonchev–Trinajstić information content (AvgIpc) is 2.62. The van der Waals surface area contributed by atoms with Gasteiger partial charge in [-0.1, -0.05) is 12.8 Å². The molecule has 0 atom stereocenters. The maximum Gasteiger partial charge on any atom is 0.228 e. The van der Waals surface area contributed by atoms with Crippen molar-refractivity contribution >= 4 is 31.5 Å². The maximum absolute atomic E-state index is 12.0. The van der Waals surface area contributed by atoms with E-state index in [2.05, 4.69) is 0 Å². The Morgan fingerprint density at radius 3 is 2.12 bits per heavy atom. The molecule has 0 unspecified atom stereocenters. The zero-order valence-electron chi connectivity index (χ0n) is 9.80. The molecule has 1 aliphatic carbocycles. The predicted octanol–water partition coefficient (Wildman–Crippen LogP) is 0.802. The van der Waals surface area contributed by atoms with Gasteiger partial charge in [0.05, 0.1) is 0 Å². The first kappa shape index (κ1) is 15.2. The number of sulfone groups is 1. The van der Waals surface area contributed by atoms with E-state index in [1.165, 1.54) is 4.31 Å². The summed E-state index contributed by atoms with van der Waals surface area (Å²) in [5.74, 6) is 0.180. The van der Waals surface area contributed by atoms with Crippen LogP contribution in [0.15, 0.2) is 0 Å². The van der Waals surface area contributed by atoms with Crippen molar-refractivity contribution in [2.45, 2.75) is 31.7 Å². The van der Waals surface area contributed by atoms with Crippen molar-refractivity contribution in [1.29, 1.82) is 0 Å². The van der Waals surface area contributed by atoms with Crippen molar-refractivity contribution in [2.24, 2.45) is 0 Å². The zero-order valence-corrected chi connectivity index (χ0v) is 12.2. The van der Waals surface area contributed by atoms with E-state index in [-0.39, 0.29) is 18.5 Å². The summed E-state index contributed by atoms with van der Waals surface area (Å²) in [5.41, 5.74) is 0. The van der Waals surface area contributed by atoms with Gasteiger partial charge in [-0.15, -0.1) is 11.6 Å². The Bertz CT molecular complexity index is 440. The van der Waals surface area contributed by atoms with E-state index < -0.39 is 24.9 Å². The molecule has 1 rings (SSSR count). The highest BCUT2D eigenvalue weighted by Crippen LogP contribution is 2.26. The van der Waals surface area contributed by atoms with Crippen LogP contribution in [0, 0.1) is 0 Å². The van der Waals surface area contributed by atoms with E-state index in [0.29, 0.717) is 0 Å². The first-order valence-corrected chi connectivity index (χ1v) is 9.70. The molecule has 102 valence electrons. The summed E-state index contributed by atoms with van der Waals surface area (Å²) < 4.78 is 47.6. The molecule has 17 heavy (non-hydrogen) atoms. The van der Waals surface area contributed by atoms with Gasteiger partial charge in [-0.3, -0.25) is 0 Å². The van der Waals surface area contributed by atoms with Gasteiger partial charge in [-0.05, 0) is 12.8 Å². The van der Waals surface area contributed by atoms with Gasteiger partial charge in [0, 0.05) is 24.7 Å². The second-order valence-corrected chi connectivity index (χ2v) is 9.20. The molecule has 0 spiro atoms. The third kappa shape index (κ3) is 4.73. The largest absolute Gasteiger partial charge is 0.228 e. The Labute approximate surface area is 108 Å². The summed E-state index contributed by atoms with van der Waals surface area (Å²) in [6.45, 7) is 0.185. The molecule has 0 aromatic carbocycles. The fraction of sp³-hybridized carbons (Fsp3) is 1.00. The third-order valence-corrected chi connectivity index (χ3v) is 7.03. The van der Waals surface area contributed by atoms with Gasteiger partial charge in [0.15, 0.2) is 14.9 Å². The van der Waals surface area contributed by atoms with Crippen molar-refractivity contribution in [2.75, 3.05) is 23.8 Å². The Kier molecular flexibility index (Phi) is 5.24. The normalized spacial score (nSPS) is 19.0. The van der Waals surface area contributed by atoms with Crippen LogP contribution in [0.4, 0.5) is 0 Å². The van der Waals surface area contributed by atoms with Crippen LogP contribution in [-0.2, 0) is 19.9 Å². The molecule has 1 fully saturated rings. The number of hydrogen-bond acceptors (Lipinski definition) is 4. The lowest BCUT2D eigenvalue weighted by atomic mass is 10.2. The highest BCUT2D eigenvalue weighted by molar-refractivity contribution is 8.06. The number of sulfonamides is 1. The molecule has 8 heteroatoms. The van der Waals surface area contributed by atoms with Crippen LogP contribution in [0.3, 0.4) is 0 Å². The van der Waals surface area contributed by atoms with E-state index in [9.17, 15) is 16.8 Å². The number of alkyl halides is 1. The summed E-state index contributed by atoms with van der Waals surface area (Å²) in [6, 6.07) is -0.0829. The lowest BCUT2D eigenvalue weighted by Gasteiger charge is -2.26. The topological polar surface area (TPSA) is 71.5 Å². The minimum Gasteiger partial charge on any atom is -0.228 e. The standard InChI is InChI=1S/C9H18ClNO4S2/c1-16(12,13)8-17(14,15)11(7-6-10)9-4-2-3-5-9/h9H,2-8H2,1H3. The lowest BCUT2D eigenvalue weighted by Crippen LogP contribution is -2.42. The van der Waals surface area contributed by atoms with E-state index in [1.807, 2.05) is 0 Å². The quantitative estimate of drug-likeness (QED) is 0.681. The molecule has 0 aromatic rings. The van der Waals surface area contributed by atoms with E-state index in [0.717, 1.165) is 31.9 Å². The monoisotopic (exact) mass is 303 g/mol. The van der Waals surface area contributed by atoms with Crippen LogP contribution in [0.2, 0.25) is 0 Å². The molecule has 0 radical (unpaired) electrons. The SMILES string of the molecule is CS(=O)(=O)CS(=O)(=O)N(CCCl)C1CCCC1. The number of rotatable bonds is 6. The van der Waals surface area contributed by atoms with Crippen molar-refractivity contribution in [3.63, 3.8) is 0 Å². The second kappa shape index (κ2) is 5.86. The average molecular weight is 304 g/mol. The molecule has 0 aromatic heterocycles. The first-order chi connectivity index (χ1) is 7.76. The Morgan fingerprint density at radius 2 is 1.71 bits per heavy atom. The molecular weight excluding hydrogens is 286 g/mol. The molecule has 0 heterocycles. The van der Waals surface area contributed by atoms with Crippen LogP contribution < -0.4 is 0 Å². The summed E-state index contributed by atoms with van der Waals surface area (Å²) >= 11 is 5.60. The molecule has 1 saturated carbocycles. The summed E-state index contributed by atoms with van der Waals surface area (Å²) in [5, 5.41) is -0.826. The fourth-order valence-electron chi connectivity index (χ4n) is 2.16. The number of halogens is 1. The molecule has 0 aliphatic heterocycles. The molecule has 5 nitrogen and oxygen atoms in total. The highest BCUT2D eigenvalue weighted by Gasteiger charge is 2.33. The Hall–Kier alpha value is 0.150. The van der Waals surface area contributed by atoms with Gasteiger partial charge in [0.25, 0.3) is 0 Å². The van der Waals surface area contributed by atoms with Crippen LogP contribution >= 0.6 is 11.6 Å². The van der Waals surface area contributed by atoms with Crippen LogP contribution in [0.1, 0.15) is 25.7 Å². The van der Waals surface area contributed by atoms with Gasteiger partial charge >= 0.3 is 0 Å². The molecule has 0 amide bonds. The second-order valence-electron chi connectivity index (χ2n) is 4.39. The molecule has 0 N–H and O–H groups in total. The van der Waals surface area contributed by atoms with E-state index in [4.69, 9.17) is 11.6 Å². The smallest absolute Gasteiger partial charge is 0.228 e. The van der Waals surface area contributed by atoms with Crippen molar-refractivity contribution < 1.29 is 16.8 Å². The number of nitrogens with zero attached hydrogens (tertiary/aromatic N) is 1. The van der Waals surface area contributed by atoms with Crippen LogP contribution in [0.5, 0.6) is 0 Å². The van der Waals surface area contributed by atoms with Gasteiger partial charge in [0.1, 0.15) is 0 Å². The van der Waals surface area contributed by atoms with E-state index in [1.54, 1.807) is 0 Å². The lowest BCUT2D eigenvalue weighted by molar-refractivity contribution is 0.338. The van der Waals surface area contributed by atoms with Gasteiger partial charge in [-0.2, -0.15) is 4.31 Å². The highest BCUT2D eigenvalue weighted by atomic mass is 35.5. The van der Waals surface area contributed by atoms with E-state index >= 15 is 0 Å². The zero-order chi connectivity index (χ0) is 13.1. The molecule has 0 bridgehead atoms. The maximum atomic E-state index is 12.0. The first-order valence-electron chi connectivity index (χ1n) is 5.49. The van der Waals surface area contributed by atoms with Crippen LogP contribution in [0.25, 0.3) is 0 Å². The Morgan fingerprint density at radius 1 is 1.18 bits per heavy atom. The van der Waals surface area contributed by atoms with Crippen molar-refractivity contribution in [3.8, 4) is 0 Å². The summed E-state index contributed by atoms with van der Waals surface area (Å²) in [4.78, 5) is 0. The number of hydrogen-bond donors (Lipinski definition) is 0. The fourth-order valence-corrected chi connectivity index (χ4v) is 6.19. The molecular formula is C9H18ClNO4S2.